The summed E-state index contributed by atoms with van der Waals surface area (Å²) >= 11 is 0. The highest BCUT2D eigenvalue weighted by Crippen LogP contribution is 2.39. The third-order valence-corrected chi connectivity index (χ3v) is 3.32. The van der Waals surface area contributed by atoms with Crippen molar-refractivity contribution in [1.29, 1.82) is 0 Å². The van der Waals surface area contributed by atoms with Crippen molar-refractivity contribution in [2.45, 2.75) is 89.1 Å². The van der Waals surface area contributed by atoms with Crippen molar-refractivity contribution in [2.75, 3.05) is 0 Å². The number of hydrogen-bond acceptors (Lipinski definition) is 1. The van der Waals surface area contributed by atoms with Gasteiger partial charge in [0.2, 0.25) is 0 Å². The van der Waals surface area contributed by atoms with Crippen LogP contribution in [0.1, 0.15) is 83.1 Å². The molecule has 0 aromatic heterocycles. The Hall–Kier alpha value is -0.330. The molecule has 0 saturated heterocycles. The minimum atomic E-state index is 0.118. The third-order valence-electron chi connectivity index (χ3n) is 3.32. The fraction of sp³-hybridized carbons (Fsp3) is 0.944. The molecule has 1 heteroatoms. The lowest BCUT2D eigenvalue weighted by Crippen LogP contribution is -2.41. The molecule has 0 spiro atoms. The first-order chi connectivity index (χ1) is 7.97. The Bertz CT molecular complexity index is 291. The lowest BCUT2D eigenvalue weighted by atomic mass is 9.70. The molecule has 0 bridgehead atoms. The van der Waals surface area contributed by atoms with E-state index < -0.39 is 0 Å². The first kappa shape index (κ1) is 18.7. The summed E-state index contributed by atoms with van der Waals surface area (Å²) in [5, 5.41) is 0. The first-order valence-electron chi connectivity index (χ1n) is 7.56. The van der Waals surface area contributed by atoms with Gasteiger partial charge in [0, 0.05) is 16.5 Å². The zero-order chi connectivity index (χ0) is 15.9. The van der Waals surface area contributed by atoms with Crippen LogP contribution in [0, 0.1) is 21.7 Å². The standard InChI is InChI=1S/C18H37N/c1-15(2,3)13(16(4,5)6)19-14(17(7,8)9)18(10,11)12/h13H,1-12H3. The van der Waals surface area contributed by atoms with E-state index in [0.29, 0.717) is 6.04 Å². The molecule has 0 atom stereocenters. The molecular weight excluding hydrogens is 230 g/mol. The molecule has 1 nitrogen and oxygen atoms in total. The van der Waals surface area contributed by atoms with Crippen molar-refractivity contribution in [1.82, 2.24) is 0 Å². The predicted molar refractivity (Wildman–Crippen MR) is 89.0 cm³/mol. The first-order valence-corrected chi connectivity index (χ1v) is 7.56. The second kappa shape index (κ2) is 5.22. The van der Waals surface area contributed by atoms with Crippen LogP contribution in [0.5, 0.6) is 0 Å². The summed E-state index contributed by atoms with van der Waals surface area (Å²) in [6.07, 6.45) is 0. The van der Waals surface area contributed by atoms with E-state index in [-0.39, 0.29) is 21.7 Å². The molecule has 0 fully saturated rings. The topological polar surface area (TPSA) is 12.4 Å². The summed E-state index contributed by atoms with van der Waals surface area (Å²) in [5.74, 6) is 0. The van der Waals surface area contributed by atoms with Crippen molar-refractivity contribution >= 4 is 5.71 Å². The highest BCUT2D eigenvalue weighted by atomic mass is 14.9. The highest BCUT2D eigenvalue weighted by molar-refractivity contribution is 5.93. The van der Waals surface area contributed by atoms with Gasteiger partial charge >= 0.3 is 0 Å². The molecule has 0 N–H and O–H groups in total. The molecule has 0 saturated carbocycles. The summed E-state index contributed by atoms with van der Waals surface area (Å²) < 4.78 is 0. The third kappa shape index (κ3) is 5.67. The molecule has 0 aromatic rings. The largest absolute Gasteiger partial charge is 0.289 e. The van der Waals surface area contributed by atoms with E-state index in [4.69, 9.17) is 4.99 Å². The summed E-state index contributed by atoms with van der Waals surface area (Å²) in [4.78, 5) is 5.28. The van der Waals surface area contributed by atoms with E-state index in [9.17, 15) is 0 Å². The van der Waals surface area contributed by atoms with Gasteiger partial charge in [0.15, 0.2) is 0 Å². The van der Waals surface area contributed by atoms with Crippen LogP contribution >= 0.6 is 0 Å². The molecule has 114 valence electrons. The van der Waals surface area contributed by atoms with E-state index >= 15 is 0 Å². The van der Waals surface area contributed by atoms with Gasteiger partial charge in [0.1, 0.15) is 0 Å². The van der Waals surface area contributed by atoms with Crippen LogP contribution < -0.4 is 0 Å². The van der Waals surface area contributed by atoms with E-state index in [1.807, 2.05) is 0 Å². The average molecular weight is 268 g/mol. The lowest BCUT2D eigenvalue weighted by Gasteiger charge is -2.42. The fourth-order valence-corrected chi connectivity index (χ4v) is 3.33. The van der Waals surface area contributed by atoms with Crippen LogP contribution in [0.2, 0.25) is 0 Å². The Balaban J connectivity index is 5.91. The van der Waals surface area contributed by atoms with E-state index in [1.54, 1.807) is 0 Å². The molecular formula is C18H37N. The smallest absolute Gasteiger partial charge is 0.0595 e. The highest BCUT2D eigenvalue weighted by Gasteiger charge is 2.38. The van der Waals surface area contributed by atoms with Crippen LogP contribution in [-0.4, -0.2) is 11.8 Å². The van der Waals surface area contributed by atoms with Gasteiger partial charge < -0.3 is 0 Å². The number of aliphatic imine (C=N–C) groups is 1. The fourth-order valence-electron chi connectivity index (χ4n) is 3.33. The van der Waals surface area contributed by atoms with Crippen molar-refractivity contribution in [3.8, 4) is 0 Å². The molecule has 0 radical (unpaired) electrons. The van der Waals surface area contributed by atoms with E-state index in [0.717, 1.165) is 0 Å². The van der Waals surface area contributed by atoms with Gasteiger partial charge in [-0.1, -0.05) is 83.1 Å². The van der Waals surface area contributed by atoms with E-state index in [1.165, 1.54) is 5.71 Å². The molecule has 0 heterocycles. The molecule has 0 aromatic carbocycles. The van der Waals surface area contributed by atoms with Gasteiger partial charge in [-0.05, 0) is 10.8 Å². The van der Waals surface area contributed by atoms with Crippen molar-refractivity contribution < 1.29 is 0 Å². The van der Waals surface area contributed by atoms with Gasteiger partial charge in [0.05, 0.1) is 6.04 Å². The second-order valence-corrected chi connectivity index (χ2v) is 10.1. The Kier molecular flexibility index (Phi) is 5.13. The molecule has 0 unspecified atom stereocenters. The molecule has 0 rings (SSSR count). The molecule has 0 aliphatic heterocycles. The Labute approximate surface area is 122 Å². The van der Waals surface area contributed by atoms with Crippen LogP contribution in [-0.2, 0) is 0 Å². The van der Waals surface area contributed by atoms with E-state index in [2.05, 4.69) is 83.1 Å². The van der Waals surface area contributed by atoms with Crippen molar-refractivity contribution in [2.24, 2.45) is 26.7 Å². The summed E-state index contributed by atoms with van der Waals surface area (Å²) in [6.45, 7) is 27.5. The van der Waals surface area contributed by atoms with Crippen LogP contribution in [0.25, 0.3) is 0 Å². The summed E-state index contributed by atoms with van der Waals surface area (Å²) in [7, 11) is 0. The summed E-state index contributed by atoms with van der Waals surface area (Å²) in [6, 6.07) is 0.327. The van der Waals surface area contributed by atoms with Crippen LogP contribution in [0.15, 0.2) is 4.99 Å². The lowest BCUT2D eigenvalue weighted by molar-refractivity contribution is 0.179. The van der Waals surface area contributed by atoms with Gasteiger partial charge in [-0.25, -0.2) is 0 Å². The Morgan fingerprint density at radius 2 is 0.842 bits per heavy atom. The molecule has 19 heavy (non-hydrogen) atoms. The summed E-state index contributed by atoms with van der Waals surface area (Å²) in [5.41, 5.74) is 1.93. The van der Waals surface area contributed by atoms with Crippen molar-refractivity contribution in [3.63, 3.8) is 0 Å². The Morgan fingerprint density at radius 1 is 0.579 bits per heavy atom. The zero-order valence-corrected chi connectivity index (χ0v) is 15.5. The molecule has 0 amide bonds. The molecule has 0 aliphatic rings. The van der Waals surface area contributed by atoms with Gasteiger partial charge in [-0.3, -0.25) is 4.99 Å². The average Bonchev–Trinajstić information content (AvgIpc) is 1.91. The monoisotopic (exact) mass is 267 g/mol. The zero-order valence-electron chi connectivity index (χ0n) is 15.5. The van der Waals surface area contributed by atoms with Gasteiger partial charge in [-0.2, -0.15) is 0 Å². The van der Waals surface area contributed by atoms with Gasteiger partial charge in [0.25, 0.3) is 0 Å². The SMILES string of the molecule is CC(C)(C)C(=NC(C(C)(C)C)C(C)(C)C)C(C)(C)C. The van der Waals surface area contributed by atoms with Gasteiger partial charge in [-0.15, -0.1) is 0 Å². The maximum Gasteiger partial charge on any atom is 0.0595 e. The van der Waals surface area contributed by atoms with Crippen LogP contribution in [0.4, 0.5) is 0 Å². The second-order valence-electron chi connectivity index (χ2n) is 10.1. The quantitative estimate of drug-likeness (QED) is 0.518. The maximum absolute atomic E-state index is 5.28. The minimum absolute atomic E-state index is 0.118. The van der Waals surface area contributed by atoms with Crippen LogP contribution in [0.3, 0.4) is 0 Å². The number of hydrogen-bond donors (Lipinski definition) is 0. The number of nitrogens with zero attached hydrogens (tertiary/aromatic N) is 1. The Morgan fingerprint density at radius 3 is 1.00 bits per heavy atom. The normalized spacial score (nSPS) is 14.8. The minimum Gasteiger partial charge on any atom is -0.289 e. The number of rotatable bonds is 1. The van der Waals surface area contributed by atoms with Crippen molar-refractivity contribution in [3.05, 3.63) is 0 Å². The maximum atomic E-state index is 5.28. The predicted octanol–water partition coefficient (Wildman–Crippen LogP) is 5.98. The molecule has 0 aliphatic carbocycles.